The summed E-state index contributed by atoms with van der Waals surface area (Å²) in [6.45, 7) is 0. The fourth-order valence-electron chi connectivity index (χ4n) is 4.05. The number of aliphatic hydroxyl groups is 1. The number of thiazole rings is 1. The summed E-state index contributed by atoms with van der Waals surface area (Å²) in [5.41, 5.74) is -0.240. The minimum atomic E-state index is -0.240. The summed E-state index contributed by atoms with van der Waals surface area (Å²) in [6, 6.07) is 0. The van der Waals surface area contributed by atoms with Gasteiger partial charge in [0, 0.05) is 17.5 Å². The van der Waals surface area contributed by atoms with E-state index in [1.807, 2.05) is 5.38 Å². The number of anilines is 1. The smallest absolute Gasteiger partial charge is 0.233 e. The summed E-state index contributed by atoms with van der Waals surface area (Å²) < 4.78 is 0. The number of aliphatic hydroxyl groups excluding tert-OH is 1. The number of amides is 1. The van der Waals surface area contributed by atoms with Gasteiger partial charge in [-0.15, -0.1) is 11.3 Å². The van der Waals surface area contributed by atoms with Gasteiger partial charge in [-0.3, -0.25) is 4.79 Å². The fourth-order valence-corrected chi connectivity index (χ4v) is 4.57. The molecule has 1 heterocycles. The number of nitrogens with one attached hydrogen (secondary N) is 1. The van der Waals surface area contributed by atoms with Gasteiger partial charge in [0.25, 0.3) is 0 Å². The fraction of sp³-hybridized carbons (Fsp3) is 0.636. The molecule has 4 saturated carbocycles. The van der Waals surface area contributed by atoms with Crippen molar-refractivity contribution in [2.24, 2.45) is 23.2 Å². The van der Waals surface area contributed by atoms with E-state index in [1.54, 1.807) is 6.20 Å². The van der Waals surface area contributed by atoms with E-state index in [0.717, 1.165) is 12.8 Å². The largest absolute Gasteiger partial charge is 0.393 e. The van der Waals surface area contributed by atoms with E-state index < -0.39 is 0 Å². The first-order valence-electron chi connectivity index (χ1n) is 5.62. The molecule has 0 saturated heterocycles. The Labute approximate surface area is 96.7 Å². The van der Waals surface area contributed by atoms with Crippen LogP contribution in [0.1, 0.15) is 12.8 Å². The van der Waals surface area contributed by atoms with E-state index in [0.29, 0.717) is 17.0 Å². The second kappa shape index (κ2) is 2.65. The van der Waals surface area contributed by atoms with Crippen molar-refractivity contribution >= 4 is 22.4 Å². The van der Waals surface area contributed by atoms with Gasteiger partial charge in [-0.25, -0.2) is 4.98 Å². The van der Waals surface area contributed by atoms with Gasteiger partial charge in [0.15, 0.2) is 5.13 Å². The number of nitrogens with zero attached hydrogens (tertiary/aromatic N) is 1. The number of rotatable bonds is 2. The molecule has 4 bridgehead atoms. The number of hydrogen-bond donors (Lipinski definition) is 2. The second-order valence-corrected chi connectivity index (χ2v) is 6.05. The Morgan fingerprint density at radius 2 is 2.56 bits per heavy atom. The quantitative estimate of drug-likeness (QED) is 0.808. The average molecular weight is 236 g/mol. The molecular formula is C11H12N2O2S. The molecule has 4 aliphatic carbocycles. The first-order chi connectivity index (χ1) is 7.73. The molecule has 84 valence electrons. The predicted molar refractivity (Wildman–Crippen MR) is 58.9 cm³/mol. The van der Waals surface area contributed by atoms with Crippen LogP contribution in [-0.4, -0.2) is 22.1 Å². The summed E-state index contributed by atoms with van der Waals surface area (Å²) in [6.07, 6.45) is 3.37. The van der Waals surface area contributed by atoms with Gasteiger partial charge in [0.2, 0.25) is 5.91 Å². The lowest BCUT2D eigenvalue weighted by atomic mass is 10.0. The van der Waals surface area contributed by atoms with E-state index in [-0.39, 0.29) is 23.3 Å². The van der Waals surface area contributed by atoms with Crippen LogP contribution in [-0.2, 0) is 4.79 Å². The molecule has 5 heteroatoms. The summed E-state index contributed by atoms with van der Waals surface area (Å²) in [7, 11) is 0. The van der Waals surface area contributed by atoms with E-state index in [4.69, 9.17) is 0 Å². The standard InChI is InChI=1S/C11H12N2O2S/c14-8-5-3-6-7(8)11(6,4-5)9(15)13-10-12-1-2-16-10/h1-2,5-8,14H,3-4H2,(H,12,13,15)/t5-,6+,7?,8-,11+/m0/s1. The molecule has 5 rings (SSSR count). The summed E-state index contributed by atoms with van der Waals surface area (Å²) >= 11 is 1.44. The minimum absolute atomic E-state index is 0.0801. The normalized spacial score (nSPS) is 47.1. The molecule has 0 spiro atoms. The van der Waals surface area contributed by atoms with Crippen LogP contribution in [0.2, 0.25) is 0 Å². The molecular weight excluding hydrogens is 224 g/mol. The maximum Gasteiger partial charge on any atom is 0.233 e. The Hall–Kier alpha value is -0.940. The van der Waals surface area contributed by atoms with E-state index in [9.17, 15) is 9.90 Å². The number of carbonyl (C=O) groups excluding carboxylic acids is 1. The highest BCUT2D eigenvalue weighted by molar-refractivity contribution is 7.13. The van der Waals surface area contributed by atoms with Crippen LogP contribution in [0.5, 0.6) is 0 Å². The van der Waals surface area contributed by atoms with Crippen LogP contribution in [0.4, 0.5) is 5.13 Å². The Morgan fingerprint density at radius 3 is 3.06 bits per heavy atom. The van der Waals surface area contributed by atoms with Crippen LogP contribution in [0.3, 0.4) is 0 Å². The number of carbonyl (C=O) groups is 1. The van der Waals surface area contributed by atoms with Gasteiger partial charge < -0.3 is 10.4 Å². The minimum Gasteiger partial charge on any atom is -0.393 e. The molecule has 4 nitrogen and oxygen atoms in total. The molecule has 1 aromatic heterocycles. The molecule has 1 unspecified atom stereocenters. The third kappa shape index (κ3) is 0.858. The van der Waals surface area contributed by atoms with Crippen molar-refractivity contribution in [1.29, 1.82) is 0 Å². The van der Waals surface area contributed by atoms with Crippen molar-refractivity contribution in [1.82, 2.24) is 4.98 Å². The zero-order chi connectivity index (χ0) is 10.9. The van der Waals surface area contributed by atoms with Crippen molar-refractivity contribution in [2.45, 2.75) is 18.9 Å². The van der Waals surface area contributed by atoms with Gasteiger partial charge in [0.05, 0.1) is 11.5 Å². The van der Waals surface area contributed by atoms with Crippen molar-refractivity contribution < 1.29 is 9.90 Å². The average Bonchev–Trinajstić information content (AvgIpc) is 2.80. The Kier molecular flexibility index (Phi) is 1.51. The third-order valence-corrected chi connectivity index (χ3v) is 5.35. The van der Waals surface area contributed by atoms with Crippen LogP contribution in [0.15, 0.2) is 11.6 Å². The zero-order valence-corrected chi connectivity index (χ0v) is 9.41. The van der Waals surface area contributed by atoms with Crippen molar-refractivity contribution in [3.8, 4) is 0 Å². The van der Waals surface area contributed by atoms with Crippen molar-refractivity contribution in [3.05, 3.63) is 11.6 Å². The molecule has 1 aromatic rings. The lowest BCUT2D eigenvalue weighted by Crippen LogP contribution is -2.24. The van der Waals surface area contributed by atoms with Crippen LogP contribution in [0, 0.1) is 23.2 Å². The molecule has 2 N–H and O–H groups in total. The van der Waals surface area contributed by atoms with Gasteiger partial charge in [-0.05, 0) is 24.7 Å². The van der Waals surface area contributed by atoms with Crippen LogP contribution in [0.25, 0.3) is 0 Å². The van der Waals surface area contributed by atoms with Gasteiger partial charge in [0.1, 0.15) is 0 Å². The summed E-state index contributed by atoms with van der Waals surface area (Å²) in [4.78, 5) is 16.3. The summed E-state index contributed by atoms with van der Waals surface area (Å²) in [5.74, 6) is 1.12. The molecule has 1 amide bonds. The highest BCUT2D eigenvalue weighted by atomic mass is 32.1. The Morgan fingerprint density at radius 1 is 1.69 bits per heavy atom. The summed E-state index contributed by atoms with van der Waals surface area (Å²) in [5, 5.41) is 15.3. The topological polar surface area (TPSA) is 62.2 Å². The first-order valence-corrected chi connectivity index (χ1v) is 6.50. The first kappa shape index (κ1) is 9.13. The SMILES string of the molecule is O=C(Nc1nccs1)[C@]12C[C@@H]3C[C@@H]1C2[C@H]3O. The van der Waals surface area contributed by atoms with E-state index >= 15 is 0 Å². The highest BCUT2D eigenvalue weighted by Gasteiger charge is 2.82. The Bertz CT molecular complexity index is 461. The maximum absolute atomic E-state index is 12.2. The molecule has 0 aliphatic heterocycles. The third-order valence-electron chi connectivity index (χ3n) is 4.66. The monoisotopic (exact) mass is 236 g/mol. The van der Waals surface area contributed by atoms with E-state index in [2.05, 4.69) is 10.3 Å². The maximum atomic E-state index is 12.2. The predicted octanol–water partition coefficient (Wildman–Crippen LogP) is 1.10. The highest BCUT2D eigenvalue weighted by Crippen LogP contribution is 2.79. The Balaban J connectivity index is 1.58. The van der Waals surface area contributed by atoms with Crippen LogP contribution < -0.4 is 5.32 Å². The van der Waals surface area contributed by atoms with Gasteiger partial charge >= 0.3 is 0 Å². The van der Waals surface area contributed by atoms with E-state index in [1.165, 1.54) is 11.3 Å². The second-order valence-electron chi connectivity index (χ2n) is 5.15. The number of aromatic nitrogens is 1. The van der Waals surface area contributed by atoms with Crippen molar-refractivity contribution in [2.75, 3.05) is 5.32 Å². The molecule has 0 aromatic carbocycles. The van der Waals surface area contributed by atoms with Crippen LogP contribution >= 0.6 is 11.3 Å². The molecule has 4 aliphatic rings. The molecule has 16 heavy (non-hydrogen) atoms. The molecule has 5 atom stereocenters. The molecule has 0 radical (unpaired) electrons. The van der Waals surface area contributed by atoms with Gasteiger partial charge in [-0.1, -0.05) is 0 Å². The van der Waals surface area contributed by atoms with Gasteiger partial charge in [-0.2, -0.15) is 0 Å². The van der Waals surface area contributed by atoms with Crippen molar-refractivity contribution in [3.63, 3.8) is 0 Å². The molecule has 4 fully saturated rings. The lowest BCUT2D eigenvalue weighted by Gasteiger charge is -2.09. The zero-order valence-electron chi connectivity index (χ0n) is 8.59. The number of hydrogen-bond acceptors (Lipinski definition) is 4. The lowest BCUT2D eigenvalue weighted by molar-refractivity contribution is -0.121.